The molecule has 0 saturated carbocycles. The summed E-state index contributed by atoms with van der Waals surface area (Å²) in [5.74, 6) is -32.0. The SMILES string of the molecule is CCCCCCCCCC(=O)N[C@@H](Cc1c[nH]c2ccccc12)C(=O)N[C@@H](CC(N)=O)C(=O)N[C@@H](CC(=O)O)C(=O)N[C@@H]1C(=O)NCC(=O)N[C@@H](CCCN)C(=O)N[C@@H](CC(=O)O)C(=O)N[C@H](C)C(=O)N[C@@H](CC(=O)O)C(=O)NCC(=O)N[C@H](CO)C(=O)N[C@@H]([C@H](C)CC(=O)O)C(=O)N[C@@H](CC(=O)c2ccccc2N)C(=O)O[C@@H]1C.OC[C@H]1O[C@@](CO)(O[C@H]2O[C@H](CO)[C@@H](O)[C@H](O)[C@H]2O)[C@@H](O)[C@@H]1O. The molecule has 3 saturated heterocycles. The second kappa shape index (κ2) is 56.5. The molecular weight excluding hydrogens is 1840 g/mol. The number of primary amides is 1. The first kappa shape index (κ1) is 115. The molecule has 766 valence electrons. The zero-order chi connectivity index (χ0) is 103. The number of para-hydroxylation sites is 2. The Bertz CT molecular complexity index is 4750. The van der Waals surface area contributed by atoms with Gasteiger partial charge in [0.25, 0.3) is 0 Å². The number of unbranched alkanes of at least 4 members (excludes halogenated alkanes) is 6. The van der Waals surface area contributed by atoms with Crippen molar-refractivity contribution in [2.24, 2.45) is 17.4 Å². The number of carboxylic acid groups (broad SMARTS) is 4. The number of carbonyl (C=O) groups excluding carboxylic acids is 16. The van der Waals surface area contributed by atoms with Crippen molar-refractivity contribution in [3.8, 4) is 0 Å². The lowest BCUT2D eigenvalue weighted by Crippen LogP contribution is -2.62. The van der Waals surface area contributed by atoms with Gasteiger partial charge in [-0.2, -0.15) is 0 Å². The maximum absolute atomic E-state index is 14.8. The minimum absolute atomic E-state index is 0.0186. The molecule has 2 aromatic carbocycles. The van der Waals surface area contributed by atoms with Crippen molar-refractivity contribution in [1.29, 1.82) is 0 Å². The Morgan fingerprint density at radius 2 is 1.09 bits per heavy atom. The van der Waals surface area contributed by atoms with E-state index in [4.69, 9.17) is 46.4 Å². The molecule has 0 radical (unpaired) electrons. The molecule has 0 spiro atoms. The summed E-state index contributed by atoms with van der Waals surface area (Å²) in [7, 11) is 0. The third-order valence-electron chi connectivity index (χ3n) is 21.9. The van der Waals surface area contributed by atoms with Gasteiger partial charge in [0.2, 0.25) is 88.5 Å². The van der Waals surface area contributed by atoms with E-state index in [9.17, 15) is 152 Å². The highest BCUT2D eigenvalue weighted by atomic mass is 16.8. The number of aromatic amines is 1. The van der Waals surface area contributed by atoms with E-state index in [0.717, 1.165) is 52.9 Å². The number of anilines is 1. The topological polar surface area (TPSA) is 892 Å². The first-order chi connectivity index (χ1) is 65.2. The molecule has 3 fully saturated rings. The average molecular weight is 1960 g/mol. The number of carbonyl (C=O) groups is 20. The van der Waals surface area contributed by atoms with E-state index in [1.807, 2.05) is 16.0 Å². The summed E-state index contributed by atoms with van der Waals surface area (Å²) < 4.78 is 21.1. The Labute approximate surface area is 786 Å². The van der Waals surface area contributed by atoms with Gasteiger partial charge in [-0.15, -0.1) is 0 Å². The van der Waals surface area contributed by atoms with Crippen molar-refractivity contribution in [2.45, 2.75) is 264 Å². The number of Topliss-reactive ketones (excluding diaryl/α,β-unsaturated/α-hetero) is 1. The van der Waals surface area contributed by atoms with E-state index >= 15 is 0 Å². The van der Waals surface area contributed by atoms with Crippen molar-refractivity contribution in [1.82, 2.24) is 74.1 Å². The Morgan fingerprint density at radius 1 is 0.543 bits per heavy atom. The lowest BCUT2D eigenvalue weighted by Gasteiger charge is -2.43. The fourth-order valence-electron chi connectivity index (χ4n) is 14.4. The second-order valence-corrected chi connectivity index (χ2v) is 32.8. The first-order valence-corrected chi connectivity index (χ1v) is 43.9. The Balaban J connectivity index is 0.00000126. The number of nitrogens with two attached hydrogens (primary N) is 3. The fourth-order valence-corrected chi connectivity index (χ4v) is 14.4. The van der Waals surface area contributed by atoms with Gasteiger partial charge in [-0.25, -0.2) is 4.79 Å². The molecule has 0 unspecified atom stereocenters. The highest BCUT2D eigenvalue weighted by molar-refractivity contribution is 6.05. The lowest BCUT2D eigenvalue weighted by molar-refractivity contribution is -0.383. The number of cyclic esters (lactones) is 1. The van der Waals surface area contributed by atoms with E-state index in [0.29, 0.717) is 29.3 Å². The van der Waals surface area contributed by atoms with Gasteiger partial charge in [0.1, 0.15) is 122 Å². The van der Waals surface area contributed by atoms with Crippen molar-refractivity contribution in [2.75, 3.05) is 51.8 Å². The standard InChI is InChI=1S/C72H101N17O26.C12H22O11/c1-5-6-7-8-9-10-11-22-53(93)81-44(25-38-31-76-42-20-15-13-17-39(38)42)66(108)84-45(27-52(75)92)67(109)86-48(30-59(102)103)68(110)89-61-37(4)115-72(114)49(26-51(91)40-18-12-14-19-41(40)74)87-71(113)60(35(2)24-56(96)97)88-69(111)50(34-90)82-55(95)32-77-63(105)46(28-57(98)99)83-62(104)36(3)79-65(107)47(29-58(100)101)85-64(106)43(21-16-23-73)80-54(94)33-78-70(61)112;13-1-4-6(16)8(18)9(19)11(21-4)23-12(3-15)10(20)7(17)5(2-14)22-12/h12-15,17-20,31,35-37,43-50,60-61,76,90H,5-11,16,21-30,32-34,73-74H2,1-4H3,(H2,75,92)(H,77,105)(H,78,112)(H,79,107)(H,80,94)(H,81,93)(H,82,95)(H,83,104)(H,84,108)(H,85,106)(H,86,109)(H,87,113)(H,88,111)(H,89,110)(H,96,97)(H,98,99)(H,100,101)(H,102,103);4-11,13-20H,1-3H2/t35-,36-,37-,43+,44+,45+,46+,47+,48+,49+,50-,60+,61+;4-,5-,6-,7-,8+,9-,10+,11-,12+/m11/s1. The summed E-state index contributed by atoms with van der Waals surface area (Å²) in [4.78, 5) is 276. The number of esters is 1. The number of amides is 14. The number of nitrogens with one attached hydrogen (secondary N) is 14. The molecule has 22 atom stereocenters. The minimum Gasteiger partial charge on any atom is -0.481 e. The lowest BCUT2D eigenvalue weighted by atomic mass is 9.96. The minimum atomic E-state index is -2.45. The number of carboxylic acids is 4. The van der Waals surface area contributed by atoms with Gasteiger partial charge in [0.05, 0.1) is 65.0 Å². The number of aliphatic hydroxyl groups is 9. The van der Waals surface area contributed by atoms with Crippen molar-refractivity contribution < 1.29 is 181 Å². The van der Waals surface area contributed by atoms with Crippen LogP contribution in [0.4, 0.5) is 5.69 Å². The van der Waals surface area contributed by atoms with Crippen LogP contribution in [-0.4, -0.2) is 363 Å². The number of aliphatic carboxylic acids is 4. The van der Waals surface area contributed by atoms with Gasteiger partial charge >= 0.3 is 29.8 Å². The van der Waals surface area contributed by atoms with Crippen LogP contribution in [0.2, 0.25) is 0 Å². The molecule has 4 heterocycles. The maximum Gasteiger partial charge on any atom is 0.329 e. The molecule has 0 aliphatic carbocycles. The molecule has 14 amide bonds. The monoisotopic (exact) mass is 1960 g/mol. The van der Waals surface area contributed by atoms with Crippen LogP contribution in [0.1, 0.15) is 146 Å². The summed E-state index contributed by atoms with van der Waals surface area (Å²) in [6.07, 6.45) is -15.0. The molecule has 3 aliphatic rings. The van der Waals surface area contributed by atoms with Gasteiger partial charge in [0.15, 0.2) is 12.1 Å². The number of hydrogen-bond donors (Lipinski definition) is 30. The second-order valence-electron chi connectivity index (χ2n) is 32.8. The molecule has 3 aromatic rings. The van der Waals surface area contributed by atoms with E-state index < -0.39 is 336 Å². The molecule has 1 aromatic heterocycles. The van der Waals surface area contributed by atoms with Crippen LogP contribution in [0.5, 0.6) is 0 Å². The molecule has 54 nitrogen and oxygen atoms in total. The number of fused-ring (bicyclic) bond motifs is 1. The summed E-state index contributed by atoms with van der Waals surface area (Å²) in [6.45, 7) is -1.21. The predicted octanol–water partition coefficient (Wildman–Crippen LogP) is -11.0. The number of rotatable bonds is 40. The number of ketones is 1. The van der Waals surface area contributed by atoms with Crippen LogP contribution in [-0.2, 0) is 116 Å². The molecule has 33 N–H and O–H groups in total. The zero-order valence-corrected chi connectivity index (χ0v) is 75.6. The highest BCUT2D eigenvalue weighted by Crippen LogP contribution is 2.36. The molecule has 6 rings (SSSR count). The predicted molar refractivity (Wildman–Crippen MR) is 469 cm³/mol. The number of benzene rings is 2. The molecule has 0 bridgehead atoms. The zero-order valence-electron chi connectivity index (χ0n) is 75.6. The van der Waals surface area contributed by atoms with Crippen LogP contribution in [0, 0.1) is 5.92 Å². The average Bonchev–Trinajstić information content (AvgIpc) is 1.61. The number of H-pyrrole nitrogens is 1. The van der Waals surface area contributed by atoms with Crippen LogP contribution >= 0.6 is 0 Å². The Morgan fingerprint density at radius 3 is 1.67 bits per heavy atom. The summed E-state index contributed by atoms with van der Waals surface area (Å²) in [6, 6.07) is -10.5. The van der Waals surface area contributed by atoms with Crippen LogP contribution in [0.15, 0.2) is 54.7 Å². The van der Waals surface area contributed by atoms with Crippen molar-refractivity contribution >= 4 is 135 Å². The maximum atomic E-state index is 14.8. The summed E-state index contributed by atoms with van der Waals surface area (Å²) >= 11 is 0. The van der Waals surface area contributed by atoms with E-state index in [1.165, 1.54) is 24.3 Å². The molecule has 54 heteroatoms. The van der Waals surface area contributed by atoms with Gasteiger partial charge < -0.3 is 177 Å². The smallest absolute Gasteiger partial charge is 0.329 e. The van der Waals surface area contributed by atoms with Crippen molar-refractivity contribution in [3.63, 3.8) is 0 Å². The number of aliphatic hydroxyl groups excluding tert-OH is 9. The summed E-state index contributed by atoms with van der Waals surface area (Å²) in [5.41, 5.74) is 18.1. The van der Waals surface area contributed by atoms with Gasteiger partial charge in [0, 0.05) is 47.6 Å². The largest absolute Gasteiger partial charge is 0.481 e. The number of ether oxygens (including phenoxy) is 4. The van der Waals surface area contributed by atoms with Gasteiger partial charge in [-0.1, -0.05) is 82.7 Å². The van der Waals surface area contributed by atoms with Crippen LogP contribution in [0.3, 0.4) is 0 Å². The Kier molecular flexibility index (Phi) is 47.3. The number of nitrogen functional groups attached to an aromatic ring is 1. The first-order valence-electron chi connectivity index (χ1n) is 43.9. The molecular formula is C84H123N17O37. The third-order valence-corrected chi connectivity index (χ3v) is 21.9. The molecule has 138 heavy (non-hydrogen) atoms. The normalized spacial score (nSPS) is 26.2. The fraction of sp³-hybridized carbons (Fsp3) is 0.595. The highest BCUT2D eigenvalue weighted by Gasteiger charge is 2.59. The van der Waals surface area contributed by atoms with E-state index in [2.05, 4.69) is 65.1 Å². The number of hydrogen-bond acceptors (Lipinski definition) is 35. The van der Waals surface area contributed by atoms with Crippen LogP contribution < -0.4 is 86.3 Å². The number of aromatic nitrogens is 1. The summed E-state index contributed by atoms with van der Waals surface area (Å²) in [5, 5.41) is 155. The molecule has 3 aliphatic heterocycles. The van der Waals surface area contributed by atoms with Crippen molar-refractivity contribution in [3.05, 3.63) is 65.9 Å². The Hall–Kier alpha value is -13.1. The van der Waals surface area contributed by atoms with Crippen LogP contribution in [0.25, 0.3) is 10.9 Å². The van der Waals surface area contributed by atoms with Gasteiger partial charge in [-0.3, -0.25) is 91.1 Å². The quantitative estimate of drug-likeness (QED) is 0.0109. The van der Waals surface area contributed by atoms with Gasteiger partial charge in [-0.05, 0) is 69.3 Å². The van der Waals surface area contributed by atoms with E-state index in [-0.39, 0.29) is 37.1 Å². The third kappa shape index (κ3) is 35.8. The van der Waals surface area contributed by atoms with E-state index in [1.54, 1.807) is 30.5 Å².